The van der Waals surface area contributed by atoms with Gasteiger partial charge in [0.1, 0.15) is 0 Å². The van der Waals surface area contributed by atoms with Crippen LogP contribution in [0.3, 0.4) is 0 Å². The van der Waals surface area contributed by atoms with E-state index in [4.69, 9.17) is 0 Å². The smallest absolute Gasteiger partial charge is 0.0492 e. The van der Waals surface area contributed by atoms with Crippen molar-refractivity contribution in [3.63, 3.8) is 0 Å². The molecule has 1 aromatic carbocycles. The predicted octanol–water partition coefficient (Wildman–Crippen LogP) is 2.11. The summed E-state index contributed by atoms with van der Waals surface area (Å²) in [6.45, 7) is 1.10. The van der Waals surface area contributed by atoms with Crippen LogP contribution in [0.5, 0.6) is 0 Å². The van der Waals surface area contributed by atoms with Crippen molar-refractivity contribution < 1.29 is 0 Å². The minimum atomic E-state index is 0.530. The molecule has 1 fully saturated rings. The summed E-state index contributed by atoms with van der Waals surface area (Å²) in [5.41, 5.74) is 2.75. The number of rotatable bonds is 3. The van der Waals surface area contributed by atoms with Gasteiger partial charge in [-0.1, -0.05) is 30.3 Å². The number of hydrogen-bond acceptors (Lipinski definition) is 2. The van der Waals surface area contributed by atoms with Crippen LogP contribution >= 0.6 is 0 Å². The second kappa shape index (κ2) is 4.94. The summed E-state index contributed by atoms with van der Waals surface area (Å²) in [5, 5.41) is 7.92. The average molecular weight is 241 g/mol. The van der Waals surface area contributed by atoms with Crippen molar-refractivity contribution in [2.75, 3.05) is 6.54 Å². The van der Waals surface area contributed by atoms with Gasteiger partial charge in [0.15, 0.2) is 0 Å². The van der Waals surface area contributed by atoms with Gasteiger partial charge in [-0.05, 0) is 31.0 Å². The SMILES string of the molecule is Cn1nccc1C1CCNC1Cc1ccccc1. The van der Waals surface area contributed by atoms with Gasteiger partial charge in [0, 0.05) is 30.9 Å². The molecule has 94 valence electrons. The molecular weight excluding hydrogens is 222 g/mol. The van der Waals surface area contributed by atoms with E-state index >= 15 is 0 Å². The van der Waals surface area contributed by atoms with Crippen molar-refractivity contribution in [1.29, 1.82) is 0 Å². The zero-order valence-corrected chi connectivity index (χ0v) is 10.7. The van der Waals surface area contributed by atoms with Crippen molar-refractivity contribution in [2.45, 2.75) is 24.8 Å². The Morgan fingerprint density at radius 2 is 2.11 bits per heavy atom. The Bertz CT molecular complexity index is 503. The van der Waals surface area contributed by atoms with Gasteiger partial charge in [-0.3, -0.25) is 4.68 Å². The van der Waals surface area contributed by atoms with Crippen LogP contribution in [-0.4, -0.2) is 22.4 Å². The van der Waals surface area contributed by atoms with Crippen LogP contribution in [0, 0.1) is 0 Å². The Hall–Kier alpha value is -1.61. The Balaban J connectivity index is 1.78. The lowest BCUT2D eigenvalue weighted by molar-refractivity contribution is 0.513. The molecule has 18 heavy (non-hydrogen) atoms. The standard InChI is InChI=1S/C15H19N3/c1-18-15(8-10-17-18)13-7-9-16-14(13)11-12-5-3-2-4-6-12/h2-6,8,10,13-14,16H,7,9,11H2,1H3. The van der Waals surface area contributed by atoms with E-state index < -0.39 is 0 Å². The molecule has 1 aliphatic heterocycles. The summed E-state index contributed by atoms with van der Waals surface area (Å²) in [7, 11) is 2.03. The minimum Gasteiger partial charge on any atom is -0.313 e. The van der Waals surface area contributed by atoms with Crippen molar-refractivity contribution in [3.8, 4) is 0 Å². The summed E-state index contributed by atoms with van der Waals surface area (Å²) in [5.74, 6) is 0.581. The van der Waals surface area contributed by atoms with Gasteiger partial charge in [0.2, 0.25) is 0 Å². The number of hydrogen-bond donors (Lipinski definition) is 1. The zero-order valence-electron chi connectivity index (χ0n) is 10.7. The summed E-state index contributed by atoms with van der Waals surface area (Å²) >= 11 is 0. The third-order valence-corrected chi connectivity index (χ3v) is 3.88. The number of aryl methyl sites for hydroxylation is 1. The summed E-state index contributed by atoms with van der Waals surface area (Å²) in [6.07, 6.45) is 4.20. The van der Waals surface area contributed by atoms with E-state index in [1.807, 2.05) is 17.9 Å². The second-order valence-corrected chi connectivity index (χ2v) is 5.03. The molecule has 2 unspecified atom stereocenters. The first-order chi connectivity index (χ1) is 8.84. The van der Waals surface area contributed by atoms with Crippen LogP contribution in [0.4, 0.5) is 0 Å². The average Bonchev–Trinajstić information content (AvgIpc) is 2.99. The van der Waals surface area contributed by atoms with Crippen LogP contribution < -0.4 is 5.32 Å². The van der Waals surface area contributed by atoms with Crippen LogP contribution in [0.25, 0.3) is 0 Å². The molecule has 0 bridgehead atoms. The summed E-state index contributed by atoms with van der Waals surface area (Å²) < 4.78 is 2.01. The molecule has 0 amide bonds. The highest BCUT2D eigenvalue weighted by atomic mass is 15.3. The highest BCUT2D eigenvalue weighted by Gasteiger charge is 2.29. The fraction of sp³-hybridized carbons (Fsp3) is 0.400. The van der Waals surface area contributed by atoms with E-state index in [9.17, 15) is 0 Å². The summed E-state index contributed by atoms with van der Waals surface area (Å²) in [6, 6.07) is 13.4. The first-order valence-electron chi connectivity index (χ1n) is 6.60. The molecule has 0 spiro atoms. The molecule has 2 heterocycles. The lowest BCUT2D eigenvalue weighted by Crippen LogP contribution is -2.29. The van der Waals surface area contributed by atoms with Gasteiger partial charge >= 0.3 is 0 Å². The number of aromatic nitrogens is 2. The molecule has 2 atom stereocenters. The maximum absolute atomic E-state index is 4.29. The van der Waals surface area contributed by atoms with Gasteiger partial charge in [-0.15, -0.1) is 0 Å². The van der Waals surface area contributed by atoms with E-state index in [0.29, 0.717) is 12.0 Å². The fourth-order valence-electron chi connectivity index (χ4n) is 2.95. The monoisotopic (exact) mass is 241 g/mol. The normalized spacial score (nSPS) is 23.4. The highest BCUT2D eigenvalue weighted by Crippen LogP contribution is 2.29. The van der Waals surface area contributed by atoms with Gasteiger partial charge in [-0.25, -0.2) is 0 Å². The van der Waals surface area contributed by atoms with Crippen molar-refractivity contribution in [1.82, 2.24) is 15.1 Å². The molecule has 3 heteroatoms. The highest BCUT2D eigenvalue weighted by molar-refractivity contribution is 5.20. The maximum atomic E-state index is 4.29. The topological polar surface area (TPSA) is 29.9 Å². The molecule has 1 saturated heterocycles. The zero-order chi connectivity index (χ0) is 12.4. The molecular formula is C15H19N3. The predicted molar refractivity (Wildman–Crippen MR) is 72.5 cm³/mol. The number of nitrogens with one attached hydrogen (secondary N) is 1. The van der Waals surface area contributed by atoms with Gasteiger partial charge in [0.05, 0.1) is 0 Å². The summed E-state index contributed by atoms with van der Waals surface area (Å²) in [4.78, 5) is 0. The maximum Gasteiger partial charge on any atom is 0.0492 e. The van der Waals surface area contributed by atoms with E-state index in [2.05, 4.69) is 46.8 Å². The molecule has 3 rings (SSSR count). The Morgan fingerprint density at radius 1 is 1.28 bits per heavy atom. The molecule has 0 radical (unpaired) electrons. The minimum absolute atomic E-state index is 0.530. The number of benzene rings is 1. The van der Waals surface area contributed by atoms with Gasteiger partial charge < -0.3 is 5.32 Å². The van der Waals surface area contributed by atoms with Crippen molar-refractivity contribution in [2.24, 2.45) is 7.05 Å². The van der Waals surface area contributed by atoms with Gasteiger partial charge in [-0.2, -0.15) is 5.10 Å². The van der Waals surface area contributed by atoms with Gasteiger partial charge in [0.25, 0.3) is 0 Å². The van der Waals surface area contributed by atoms with E-state index in [1.54, 1.807) is 0 Å². The first-order valence-corrected chi connectivity index (χ1v) is 6.60. The lowest BCUT2D eigenvalue weighted by atomic mass is 9.92. The lowest BCUT2D eigenvalue weighted by Gasteiger charge is -2.20. The molecule has 0 saturated carbocycles. The molecule has 1 aromatic heterocycles. The fourth-order valence-corrected chi connectivity index (χ4v) is 2.95. The van der Waals surface area contributed by atoms with Crippen molar-refractivity contribution >= 4 is 0 Å². The Kier molecular flexibility index (Phi) is 3.15. The molecule has 0 aliphatic carbocycles. The quantitative estimate of drug-likeness (QED) is 0.892. The molecule has 1 aliphatic rings. The number of nitrogens with zero attached hydrogens (tertiary/aromatic N) is 2. The Labute approximate surface area is 108 Å². The molecule has 2 aromatic rings. The molecule has 3 nitrogen and oxygen atoms in total. The largest absolute Gasteiger partial charge is 0.313 e. The third-order valence-electron chi connectivity index (χ3n) is 3.88. The second-order valence-electron chi connectivity index (χ2n) is 5.03. The van der Waals surface area contributed by atoms with E-state index in [1.165, 1.54) is 17.7 Å². The molecule has 1 N–H and O–H groups in total. The Morgan fingerprint density at radius 3 is 2.83 bits per heavy atom. The van der Waals surface area contributed by atoms with Crippen LogP contribution in [0.2, 0.25) is 0 Å². The van der Waals surface area contributed by atoms with E-state index in [0.717, 1.165) is 13.0 Å². The van der Waals surface area contributed by atoms with Crippen LogP contribution in [-0.2, 0) is 13.5 Å². The third kappa shape index (κ3) is 2.18. The van der Waals surface area contributed by atoms with E-state index in [-0.39, 0.29) is 0 Å². The van der Waals surface area contributed by atoms with Crippen molar-refractivity contribution in [3.05, 3.63) is 53.9 Å². The first kappa shape index (κ1) is 11.5. The van der Waals surface area contributed by atoms with Crippen LogP contribution in [0.1, 0.15) is 23.6 Å². The van der Waals surface area contributed by atoms with Crippen LogP contribution in [0.15, 0.2) is 42.6 Å².